The molecule has 2 heterocycles. The number of carbonyl (C=O) groups is 5. The van der Waals surface area contributed by atoms with Crippen molar-refractivity contribution in [1.82, 2.24) is 20.4 Å². The van der Waals surface area contributed by atoms with Gasteiger partial charge >= 0.3 is 6.09 Å². The molecule has 2 N–H and O–H groups in total. The van der Waals surface area contributed by atoms with Crippen LogP contribution in [0.3, 0.4) is 0 Å². The first-order valence-corrected chi connectivity index (χ1v) is 11.0. The number of rotatable bonds is 5. The average molecular weight is 459 g/mol. The van der Waals surface area contributed by atoms with Crippen molar-refractivity contribution < 1.29 is 28.7 Å². The van der Waals surface area contributed by atoms with Gasteiger partial charge in [-0.25, -0.2) is 4.79 Å². The summed E-state index contributed by atoms with van der Waals surface area (Å²) in [6.07, 6.45) is 0.387. The van der Waals surface area contributed by atoms with Crippen LogP contribution in [0.1, 0.15) is 61.3 Å². The molecule has 10 nitrogen and oxygen atoms in total. The van der Waals surface area contributed by atoms with Crippen LogP contribution in [-0.4, -0.2) is 76.8 Å². The number of imide groups is 1. The van der Waals surface area contributed by atoms with Crippen molar-refractivity contribution in [3.8, 4) is 0 Å². The number of nitrogens with zero attached hydrogens (tertiary/aromatic N) is 2. The van der Waals surface area contributed by atoms with Crippen LogP contribution >= 0.6 is 0 Å². The Balaban J connectivity index is 1.46. The predicted molar refractivity (Wildman–Crippen MR) is 118 cm³/mol. The van der Waals surface area contributed by atoms with E-state index in [2.05, 4.69) is 10.6 Å². The number of hydrogen-bond acceptors (Lipinski definition) is 6. The zero-order chi connectivity index (χ0) is 24.3. The number of carbonyl (C=O) groups excluding carboxylic acids is 5. The lowest BCUT2D eigenvalue weighted by molar-refractivity contribution is -0.136. The number of benzene rings is 1. The van der Waals surface area contributed by atoms with Crippen molar-refractivity contribution in [2.45, 2.75) is 58.2 Å². The molecule has 0 aliphatic carbocycles. The summed E-state index contributed by atoms with van der Waals surface area (Å²) in [7, 11) is 0. The van der Waals surface area contributed by atoms with Crippen molar-refractivity contribution in [2.75, 3.05) is 19.6 Å². The summed E-state index contributed by atoms with van der Waals surface area (Å²) < 4.78 is 5.09. The third kappa shape index (κ3) is 5.68. The molecule has 10 heteroatoms. The second-order valence-corrected chi connectivity index (χ2v) is 9.22. The number of likely N-dealkylation sites (tertiary alicyclic amines) is 1. The Bertz CT molecular complexity index is 927. The van der Waals surface area contributed by atoms with Gasteiger partial charge in [0.1, 0.15) is 18.2 Å². The van der Waals surface area contributed by atoms with Crippen LogP contribution in [0.4, 0.5) is 4.79 Å². The number of ether oxygens (including phenoxy) is 1. The molecule has 1 fully saturated rings. The number of amides is 5. The molecule has 1 saturated heterocycles. The molecular weight excluding hydrogens is 428 g/mol. The van der Waals surface area contributed by atoms with E-state index in [4.69, 9.17) is 4.74 Å². The van der Waals surface area contributed by atoms with Crippen LogP contribution in [0.2, 0.25) is 0 Å². The molecule has 0 spiro atoms. The van der Waals surface area contributed by atoms with E-state index in [1.54, 1.807) is 56.9 Å². The standard InChI is InChI=1S/C23H30N4O6/c1-14(27-20(30)16-7-5-6-8-17(16)21(27)31)19(29)26-11-9-15(10-12-26)25-18(28)13-24-22(32)33-23(2,3)4/h5-8,14-15H,9-13H2,1-4H3,(H,24,32)(H,25,28). The maximum absolute atomic E-state index is 13.0. The Morgan fingerprint density at radius 3 is 2.12 bits per heavy atom. The molecule has 2 aliphatic rings. The highest BCUT2D eigenvalue weighted by molar-refractivity contribution is 6.22. The number of hydrogen-bond donors (Lipinski definition) is 2. The van der Waals surface area contributed by atoms with Crippen LogP contribution < -0.4 is 10.6 Å². The molecule has 0 radical (unpaired) electrons. The van der Waals surface area contributed by atoms with E-state index in [-0.39, 0.29) is 24.4 Å². The molecule has 0 bridgehead atoms. The van der Waals surface area contributed by atoms with E-state index < -0.39 is 29.6 Å². The van der Waals surface area contributed by atoms with E-state index in [9.17, 15) is 24.0 Å². The van der Waals surface area contributed by atoms with Gasteiger partial charge in [0.15, 0.2) is 0 Å². The molecular formula is C23H30N4O6. The van der Waals surface area contributed by atoms with E-state index in [1.165, 1.54) is 0 Å². The maximum Gasteiger partial charge on any atom is 0.408 e. The topological polar surface area (TPSA) is 125 Å². The number of fused-ring (bicyclic) bond motifs is 1. The van der Waals surface area contributed by atoms with E-state index >= 15 is 0 Å². The van der Waals surface area contributed by atoms with Crippen molar-refractivity contribution in [2.24, 2.45) is 0 Å². The number of piperidine rings is 1. The lowest BCUT2D eigenvalue weighted by atomic mass is 10.0. The lowest BCUT2D eigenvalue weighted by Crippen LogP contribution is -2.54. The fourth-order valence-electron chi connectivity index (χ4n) is 3.92. The fourth-order valence-corrected chi connectivity index (χ4v) is 3.92. The summed E-state index contributed by atoms with van der Waals surface area (Å²) >= 11 is 0. The van der Waals surface area contributed by atoms with E-state index in [1.807, 2.05) is 0 Å². The van der Waals surface area contributed by atoms with E-state index in [0.717, 1.165) is 4.90 Å². The monoisotopic (exact) mass is 458 g/mol. The minimum Gasteiger partial charge on any atom is -0.444 e. The predicted octanol–water partition coefficient (Wildman–Crippen LogP) is 1.30. The van der Waals surface area contributed by atoms with Gasteiger partial charge in [-0.15, -0.1) is 0 Å². The maximum atomic E-state index is 13.0. The van der Waals surface area contributed by atoms with Crippen molar-refractivity contribution in [3.05, 3.63) is 35.4 Å². The Hall–Kier alpha value is -3.43. The molecule has 5 amide bonds. The highest BCUT2D eigenvalue weighted by Crippen LogP contribution is 2.25. The molecule has 0 saturated carbocycles. The summed E-state index contributed by atoms with van der Waals surface area (Å²) in [4.78, 5) is 64.7. The lowest BCUT2D eigenvalue weighted by Gasteiger charge is -2.35. The van der Waals surface area contributed by atoms with Crippen LogP contribution in [0.15, 0.2) is 24.3 Å². The Kier molecular flexibility index (Phi) is 7.04. The zero-order valence-corrected chi connectivity index (χ0v) is 19.3. The largest absolute Gasteiger partial charge is 0.444 e. The summed E-state index contributed by atoms with van der Waals surface area (Å²) in [6.45, 7) is 7.32. The summed E-state index contributed by atoms with van der Waals surface area (Å²) in [5.41, 5.74) is -0.0310. The van der Waals surface area contributed by atoms with Crippen molar-refractivity contribution >= 4 is 29.7 Å². The van der Waals surface area contributed by atoms with Gasteiger partial charge in [-0.3, -0.25) is 24.1 Å². The van der Waals surface area contributed by atoms with Crippen LogP contribution in [0.25, 0.3) is 0 Å². The second kappa shape index (κ2) is 9.60. The summed E-state index contributed by atoms with van der Waals surface area (Å²) in [5.74, 6) is -1.57. The van der Waals surface area contributed by atoms with Crippen molar-refractivity contribution in [1.29, 1.82) is 0 Å². The van der Waals surface area contributed by atoms with Crippen LogP contribution in [0.5, 0.6) is 0 Å². The SMILES string of the molecule is CC(C(=O)N1CCC(NC(=O)CNC(=O)OC(C)(C)C)CC1)N1C(=O)c2ccccc2C1=O. The highest BCUT2D eigenvalue weighted by Gasteiger charge is 2.42. The molecule has 3 rings (SSSR count). The summed E-state index contributed by atoms with van der Waals surface area (Å²) in [5, 5.41) is 5.25. The molecule has 1 atom stereocenters. The van der Waals surface area contributed by atoms with Crippen molar-refractivity contribution in [3.63, 3.8) is 0 Å². The average Bonchev–Trinajstić information content (AvgIpc) is 3.01. The van der Waals surface area contributed by atoms with Gasteiger partial charge in [0.25, 0.3) is 11.8 Å². The smallest absolute Gasteiger partial charge is 0.408 e. The first-order chi connectivity index (χ1) is 15.5. The molecule has 178 valence electrons. The fraction of sp³-hybridized carbons (Fsp3) is 0.522. The Labute approximate surface area is 192 Å². The molecule has 33 heavy (non-hydrogen) atoms. The van der Waals surface area contributed by atoms with Gasteiger partial charge in [-0.05, 0) is 52.7 Å². The minimum atomic E-state index is -0.915. The van der Waals surface area contributed by atoms with Gasteiger partial charge in [0, 0.05) is 19.1 Å². The van der Waals surface area contributed by atoms with Gasteiger partial charge in [-0.2, -0.15) is 0 Å². The third-order valence-electron chi connectivity index (χ3n) is 5.53. The molecule has 1 aromatic rings. The highest BCUT2D eigenvalue weighted by atomic mass is 16.6. The normalized spacial score (nSPS) is 17.5. The first-order valence-electron chi connectivity index (χ1n) is 11.0. The quantitative estimate of drug-likeness (QED) is 0.641. The third-order valence-corrected chi connectivity index (χ3v) is 5.53. The van der Waals surface area contributed by atoms with Gasteiger partial charge < -0.3 is 20.3 Å². The molecule has 1 aromatic carbocycles. The molecule has 0 aromatic heterocycles. The molecule has 2 aliphatic heterocycles. The van der Waals surface area contributed by atoms with Gasteiger partial charge in [0.05, 0.1) is 11.1 Å². The Morgan fingerprint density at radius 1 is 1.06 bits per heavy atom. The van der Waals surface area contributed by atoms with Gasteiger partial charge in [0.2, 0.25) is 11.8 Å². The van der Waals surface area contributed by atoms with E-state index in [0.29, 0.717) is 37.1 Å². The number of nitrogens with one attached hydrogen (secondary N) is 2. The van der Waals surface area contributed by atoms with Gasteiger partial charge in [-0.1, -0.05) is 12.1 Å². The van der Waals surface area contributed by atoms with Crippen LogP contribution in [-0.2, 0) is 14.3 Å². The van der Waals surface area contributed by atoms with Crippen LogP contribution in [0, 0.1) is 0 Å². The molecule has 1 unspecified atom stereocenters. The Morgan fingerprint density at radius 2 is 1.61 bits per heavy atom. The number of alkyl carbamates (subject to hydrolysis) is 1. The minimum absolute atomic E-state index is 0.142. The first kappa shape index (κ1) is 24.2. The second-order valence-electron chi connectivity index (χ2n) is 9.22. The zero-order valence-electron chi connectivity index (χ0n) is 19.3. The summed E-state index contributed by atoms with van der Waals surface area (Å²) in [6, 6.07) is 5.47.